The van der Waals surface area contributed by atoms with E-state index in [1.807, 2.05) is 11.9 Å². The number of hydrogen-bond donors (Lipinski definition) is 0. The number of anilines is 1. The van der Waals surface area contributed by atoms with Crippen molar-refractivity contribution in [3.63, 3.8) is 0 Å². The van der Waals surface area contributed by atoms with Crippen LogP contribution in [0.1, 0.15) is 12.8 Å². The molecule has 0 saturated carbocycles. The van der Waals surface area contributed by atoms with Gasteiger partial charge in [0.15, 0.2) is 0 Å². The normalized spacial score (nSPS) is 20.4. The van der Waals surface area contributed by atoms with Crippen LogP contribution in [0.5, 0.6) is 5.75 Å². The molecular formula is C16H25N3O3S. The van der Waals surface area contributed by atoms with Gasteiger partial charge in [-0.2, -0.15) is 4.31 Å². The van der Waals surface area contributed by atoms with Gasteiger partial charge in [0.05, 0.1) is 17.1 Å². The molecule has 2 aliphatic rings. The van der Waals surface area contributed by atoms with Crippen LogP contribution < -0.4 is 9.64 Å². The monoisotopic (exact) mass is 339 g/mol. The standard InChI is InChI=1S/C16H25N3O3S/c1-17-8-6-13(7-9-17)19(3)23(20,21)14-4-5-16-15(12-14)18(2)10-11-22-16/h4-5,12-13H,6-11H2,1-3H3. The summed E-state index contributed by atoms with van der Waals surface area (Å²) in [5.74, 6) is 0.750. The Morgan fingerprint density at radius 1 is 1.17 bits per heavy atom. The number of likely N-dealkylation sites (N-methyl/N-ethyl adjacent to an activating group) is 1. The molecule has 0 aromatic heterocycles. The highest BCUT2D eigenvalue weighted by Crippen LogP contribution is 2.34. The van der Waals surface area contributed by atoms with Crippen molar-refractivity contribution >= 4 is 15.7 Å². The zero-order valence-corrected chi connectivity index (χ0v) is 14.8. The topological polar surface area (TPSA) is 53.1 Å². The molecular weight excluding hydrogens is 314 g/mol. The summed E-state index contributed by atoms with van der Waals surface area (Å²) < 4.78 is 33.1. The van der Waals surface area contributed by atoms with E-state index in [1.54, 1.807) is 29.6 Å². The summed E-state index contributed by atoms with van der Waals surface area (Å²) in [4.78, 5) is 4.62. The second-order valence-corrected chi connectivity index (χ2v) is 8.45. The Morgan fingerprint density at radius 3 is 2.57 bits per heavy atom. The quantitative estimate of drug-likeness (QED) is 0.829. The Morgan fingerprint density at radius 2 is 1.87 bits per heavy atom. The van der Waals surface area contributed by atoms with E-state index in [0.717, 1.165) is 43.9 Å². The highest BCUT2D eigenvalue weighted by molar-refractivity contribution is 7.89. The van der Waals surface area contributed by atoms with Crippen molar-refractivity contribution in [1.29, 1.82) is 0 Å². The Kier molecular flexibility index (Phi) is 4.53. The number of likely N-dealkylation sites (tertiary alicyclic amines) is 1. The number of fused-ring (bicyclic) bond motifs is 1. The van der Waals surface area contributed by atoms with Gasteiger partial charge in [-0.25, -0.2) is 8.42 Å². The van der Waals surface area contributed by atoms with Gasteiger partial charge in [0.1, 0.15) is 12.4 Å². The summed E-state index contributed by atoms with van der Waals surface area (Å²) in [6.07, 6.45) is 1.75. The molecule has 0 bridgehead atoms. The minimum Gasteiger partial charge on any atom is -0.490 e. The second kappa shape index (κ2) is 6.30. The fourth-order valence-corrected chi connectivity index (χ4v) is 4.65. The van der Waals surface area contributed by atoms with Gasteiger partial charge in [0, 0.05) is 20.1 Å². The molecule has 128 valence electrons. The van der Waals surface area contributed by atoms with Gasteiger partial charge in [-0.1, -0.05) is 0 Å². The molecule has 0 amide bonds. The Labute approximate surface area is 138 Å². The summed E-state index contributed by atoms with van der Waals surface area (Å²) in [6.45, 7) is 3.27. The molecule has 0 aliphatic carbocycles. The second-order valence-electron chi connectivity index (χ2n) is 6.46. The van der Waals surface area contributed by atoms with Crippen molar-refractivity contribution in [1.82, 2.24) is 9.21 Å². The molecule has 0 atom stereocenters. The van der Waals surface area contributed by atoms with Gasteiger partial charge in [-0.15, -0.1) is 0 Å². The zero-order valence-electron chi connectivity index (χ0n) is 14.0. The first-order valence-corrected chi connectivity index (χ1v) is 9.48. The van der Waals surface area contributed by atoms with Gasteiger partial charge in [0.2, 0.25) is 10.0 Å². The van der Waals surface area contributed by atoms with E-state index in [2.05, 4.69) is 11.9 Å². The summed E-state index contributed by atoms with van der Waals surface area (Å²) in [7, 11) is 2.25. The lowest BCUT2D eigenvalue weighted by molar-refractivity contribution is 0.197. The number of nitrogens with zero attached hydrogens (tertiary/aromatic N) is 3. The van der Waals surface area contributed by atoms with Gasteiger partial charge < -0.3 is 14.5 Å². The number of piperidine rings is 1. The summed E-state index contributed by atoms with van der Waals surface area (Å²) in [5, 5.41) is 0. The molecule has 0 spiro atoms. The molecule has 2 aliphatic heterocycles. The summed E-state index contributed by atoms with van der Waals surface area (Å²) >= 11 is 0. The Bertz CT molecular complexity index is 669. The first-order valence-electron chi connectivity index (χ1n) is 8.04. The van der Waals surface area contributed by atoms with Crippen LogP contribution in [0, 0.1) is 0 Å². The minimum absolute atomic E-state index is 0.0706. The summed E-state index contributed by atoms with van der Waals surface area (Å²) in [5.41, 5.74) is 0.842. The molecule has 6 nitrogen and oxygen atoms in total. The van der Waals surface area contributed by atoms with Crippen LogP contribution in [-0.4, -0.2) is 71.0 Å². The molecule has 1 aromatic rings. The highest BCUT2D eigenvalue weighted by atomic mass is 32.2. The predicted octanol–water partition coefficient (Wildman–Crippen LogP) is 1.23. The van der Waals surface area contributed by atoms with Crippen LogP contribution in [0.3, 0.4) is 0 Å². The van der Waals surface area contributed by atoms with Gasteiger partial charge in [-0.3, -0.25) is 0 Å². The number of ether oxygens (including phenoxy) is 1. The third-order valence-electron chi connectivity index (χ3n) is 4.91. The van der Waals surface area contributed by atoms with Crippen LogP contribution in [0.4, 0.5) is 5.69 Å². The van der Waals surface area contributed by atoms with Gasteiger partial charge in [-0.05, 0) is 51.2 Å². The van der Waals surface area contributed by atoms with Crippen molar-refractivity contribution < 1.29 is 13.2 Å². The number of benzene rings is 1. The largest absolute Gasteiger partial charge is 0.490 e. The smallest absolute Gasteiger partial charge is 0.243 e. The summed E-state index contributed by atoms with van der Waals surface area (Å²) in [6, 6.07) is 5.22. The molecule has 7 heteroatoms. The maximum atomic E-state index is 13.0. The third-order valence-corrected chi connectivity index (χ3v) is 6.81. The van der Waals surface area contributed by atoms with Crippen molar-refractivity contribution in [3.05, 3.63) is 18.2 Å². The van der Waals surface area contributed by atoms with Crippen LogP contribution in [0.25, 0.3) is 0 Å². The third kappa shape index (κ3) is 3.18. The molecule has 1 fully saturated rings. The fraction of sp³-hybridized carbons (Fsp3) is 0.625. The van der Waals surface area contributed by atoms with Crippen LogP contribution in [0.2, 0.25) is 0 Å². The lowest BCUT2D eigenvalue weighted by Crippen LogP contribution is -2.44. The van der Waals surface area contributed by atoms with E-state index in [4.69, 9.17) is 4.74 Å². The molecule has 1 aromatic carbocycles. The molecule has 3 rings (SSSR count). The molecule has 2 heterocycles. The van der Waals surface area contributed by atoms with Crippen molar-refractivity contribution in [2.75, 3.05) is 52.3 Å². The van der Waals surface area contributed by atoms with Gasteiger partial charge >= 0.3 is 0 Å². The SMILES string of the molecule is CN1CCC(N(C)S(=O)(=O)c2ccc3c(c2)N(C)CCO3)CC1. The van der Waals surface area contributed by atoms with Crippen LogP contribution in [0.15, 0.2) is 23.1 Å². The van der Waals surface area contributed by atoms with Crippen molar-refractivity contribution in [2.45, 2.75) is 23.8 Å². The maximum Gasteiger partial charge on any atom is 0.243 e. The predicted molar refractivity (Wildman–Crippen MR) is 90.7 cm³/mol. The fourth-order valence-electron chi connectivity index (χ4n) is 3.21. The highest BCUT2D eigenvalue weighted by Gasteiger charge is 2.31. The molecule has 0 unspecified atom stereocenters. The van der Waals surface area contributed by atoms with E-state index < -0.39 is 10.0 Å². The lowest BCUT2D eigenvalue weighted by Gasteiger charge is -2.34. The van der Waals surface area contributed by atoms with E-state index in [1.165, 1.54) is 0 Å². The molecule has 0 N–H and O–H groups in total. The average molecular weight is 339 g/mol. The van der Waals surface area contributed by atoms with E-state index in [9.17, 15) is 8.42 Å². The average Bonchev–Trinajstić information content (AvgIpc) is 2.55. The minimum atomic E-state index is -3.48. The molecule has 0 radical (unpaired) electrons. The van der Waals surface area contributed by atoms with Crippen molar-refractivity contribution in [3.8, 4) is 5.75 Å². The number of sulfonamides is 1. The lowest BCUT2D eigenvalue weighted by atomic mass is 10.1. The van der Waals surface area contributed by atoms with Crippen LogP contribution in [-0.2, 0) is 10.0 Å². The van der Waals surface area contributed by atoms with E-state index in [-0.39, 0.29) is 6.04 Å². The van der Waals surface area contributed by atoms with Gasteiger partial charge in [0.25, 0.3) is 0 Å². The first kappa shape index (κ1) is 16.5. The van der Waals surface area contributed by atoms with Crippen LogP contribution >= 0.6 is 0 Å². The number of rotatable bonds is 3. The zero-order chi connectivity index (χ0) is 16.6. The Balaban J connectivity index is 1.86. The Hall–Kier alpha value is -1.31. The van der Waals surface area contributed by atoms with E-state index in [0.29, 0.717) is 11.5 Å². The molecule has 23 heavy (non-hydrogen) atoms. The van der Waals surface area contributed by atoms with Crippen molar-refractivity contribution in [2.24, 2.45) is 0 Å². The molecule has 1 saturated heterocycles. The first-order chi connectivity index (χ1) is 10.9. The number of hydrogen-bond acceptors (Lipinski definition) is 5. The van der Waals surface area contributed by atoms with E-state index >= 15 is 0 Å². The maximum absolute atomic E-state index is 13.0.